The number of hydrogen-bond donors (Lipinski definition) is 2. The number of carbonyl (C=O) groups excluding carboxylic acids is 1. The number of rotatable bonds is 4. The topological polar surface area (TPSA) is 55.1 Å². The molecule has 0 atom stereocenters. The lowest BCUT2D eigenvalue weighted by molar-refractivity contribution is 0.102. The number of nitrogens with one attached hydrogen (secondary N) is 1. The average molecular weight is 381 g/mol. The molecule has 0 aromatic heterocycles. The van der Waals surface area contributed by atoms with Gasteiger partial charge in [0.15, 0.2) is 0 Å². The number of thioether (sulfide) groups is 1. The van der Waals surface area contributed by atoms with Crippen molar-refractivity contribution < 1.29 is 4.79 Å². The van der Waals surface area contributed by atoms with Crippen LogP contribution in [0.3, 0.4) is 0 Å². The van der Waals surface area contributed by atoms with Crippen LogP contribution in [0.25, 0.3) is 0 Å². The maximum absolute atomic E-state index is 12.3. The fourth-order valence-electron chi connectivity index (χ4n) is 1.77. The minimum Gasteiger partial charge on any atom is -0.389 e. The summed E-state index contributed by atoms with van der Waals surface area (Å²) < 4.78 is 0.854. The molecular formula is C15H13BrN2OS2. The highest BCUT2D eigenvalue weighted by molar-refractivity contribution is 9.10. The molecule has 0 aliphatic carbocycles. The second-order valence-corrected chi connectivity index (χ2v) is 6.47. The monoisotopic (exact) mass is 380 g/mol. The normalized spacial score (nSPS) is 10.2. The minimum absolute atomic E-state index is 0.192. The van der Waals surface area contributed by atoms with Crippen molar-refractivity contribution in [3.8, 4) is 0 Å². The van der Waals surface area contributed by atoms with E-state index in [2.05, 4.69) is 21.2 Å². The smallest absolute Gasteiger partial charge is 0.255 e. The van der Waals surface area contributed by atoms with E-state index in [0.717, 1.165) is 9.37 Å². The third-order valence-electron chi connectivity index (χ3n) is 2.85. The van der Waals surface area contributed by atoms with Crippen LogP contribution in [0.1, 0.15) is 15.9 Å². The van der Waals surface area contributed by atoms with Crippen LogP contribution in [0.2, 0.25) is 0 Å². The van der Waals surface area contributed by atoms with Crippen molar-refractivity contribution >= 4 is 56.5 Å². The van der Waals surface area contributed by atoms with E-state index in [1.54, 1.807) is 36.0 Å². The van der Waals surface area contributed by atoms with Gasteiger partial charge in [0.25, 0.3) is 5.91 Å². The van der Waals surface area contributed by atoms with Gasteiger partial charge in [0.2, 0.25) is 0 Å². The van der Waals surface area contributed by atoms with Gasteiger partial charge >= 0.3 is 0 Å². The van der Waals surface area contributed by atoms with Crippen LogP contribution in [0, 0.1) is 0 Å². The lowest BCUT2D eigenvalue weighted by atomic mass is 10.1. The van der Waals surface area contributed by atoms with Crippen LogP contribution >= 0.6 is 39.9 Å². The van der Waals surface area contributed by atoms with Gasteiger partial charge in [-0.05, 0) is 48.7 Å². The molecule has 0 saturated carbocycles. The van der Waals surface area contributed by atoms with E-state index in [1.165, 1.54) is 0 Å². The summed E-state index contributed by atoms with van der Waals surface area (Å²) in [5.41, 5.74) is 7.51. The SMILES string of the molecule is CSc1ccc(C(=O)Nc2ccc(Br)cc2C(N)=S)cc1. The maximum atomic E-state index is 12.3. The van der Waals surface area contributed by atoms with Crippen molar-refractivity contribution in [2.45, 2.75) is 4.90 Å². The van der Waals surface area contributed by atoms with E-state index in [0.29, 0.717) is 16.8 Å². The van der Waals surface area contributed by atoms with Crippen molar-refractivity contribution in [3.63, 3.8) is 0 Å². The largest absolute Gasteiger partial charge is 0.389 e. The average Bonchev–Trinajstić information content (AvgIpc) is 2.49. The van der Waals surface area contributed by atoms with Gasteiger partial charge in [-0.3, -0.25) is 4.79 Å². The first-order valence-electron chi connectivity index (χ1n) is 6.06. The molecule has 0 aliphatic rings. The van der Waals surface area contributed by atoms with Crippen LogP contribution in [0.5, 0.6) is 0 Å². The van der Waals surface area contributed by atoms with Crippen molar-refractivity contribution in [2.24, 2.45) is 5.73 Å². The first-order chi connectivity index (χ1) is 10.0. The molecule has 6 heteroatoms. The number of nitrogens with two attached hydrogens (primary N) is 1. The Morgan fingerprint density at radius 1 is 1.24 bits per heavy atom. The molecule has 0 bridgehead atoms. The van der Waals surface area contributed by atoms with Crippen molar-refractivity contribution in [3.05, 3.63) is 58.1 Å². The fraction of sp³-hybridized carbons (Fsp3) is 0.0667. The lowest BCUT2D eigenvalue weighted by Crippen LogP contribution is -2.17. The molecule has 0 saturated heterocycles. The molecule has 3 N–H and O–H groups in total. The van der Waals surface area contributed by atoms with E-state index < -0.39 is 0 Å². The van der Waals surface area contributed by atoms with Crippen molar-refractivity contribution in [2.75, 3.05) is 11.6 Å². The molecule has 0 radical (unpaired) electrons. The van der Waals surface area contributed by atoms with Gasteiger partial charge in [0.1, 0.15) is 4.99 Å². The summed E-state index contributed by atoms with van der Waals surface area (Å²) in [6.07, 6.45) is 1.99. The Morgan fingerprint density at radius 2 is 1.90 bits per heavy atom. The quantitative estimate of drug-likeness (QED) is 0.620. The number of benzene rings is 2. The Morgan fingerprint density at radius 3 is 2.48 bits per heavy atom. The number of carbonyl (C=O) groups is 1. The van der Waals surface area contributed by atoms with Gasteiger partial charge in [-0.1, -0.05) is 28.1 Å². The summed E-state index contributed by atoms with van der Waals surface area (Å²) >= 11 is 10.0. The van der Waals surface area contributed by atoms with Gasteiger partial charge in [-0.2, -0.15) is 0 Å². The molecule has 1 amide bonds. The zero-order valence-electron chi connectivity index (χ0n) is 11.2. The molecule has 3 nitrogen and oxygen atoms in total. The van der Waals surface area contributed by atoms with Crippen molar-refractivity contribution in [1.29, 1.82) is 0 Å². The Bertz CT molecular complexity index is 687. The van der Waals surface area contributed by atoms with E-state index >= 15 is 0 Å². The summed E-state index contributed by atoms with van der Waals surface area (Å²) in [6, 6.07) is 12.8. The summed E-state index contributed by atoms with van der Waals surface area (Å²) in [6.45, 7) is 0. The number of amides is 1. The highest BCUT2D eigenvalue weighted by atomic mass is 79.9. The third-order valence-corrected chi connectivity index (χ3v) is 4.30. The summed E-state index contributed by atoms with van der Waals surface area (Å²) in [5, 5.41) is 2.84. The van der Waals surface area contributed by atoms with Crippen LogP contribution in [0.15, 0.2) is 51.8 Å². The van der Waals surface area contributed by atoms with Gasteiger partial charge in [0, 0.05) is 20.5 Å². The summed E-state index contributed by atoms with van der Waals surface area (Å²) in [7, 11) is 0. The molecule has 0 aliphatic heterocycles. The molecule has 2 rings (SSSR count). The highest BCUT2D eigenvalue weighted by Crippen LogP contribution is 2.22. The zero-order valence-corrected chi connectivity index (χ0v) is 14.4. The second kappa shape index (κ2) is 7.06. The van der Waals surface area contributed by atoms with E-state index in [-0.39, 0.29) is 10.9 Å². The second-order valence-electron chi connectivity index (χ2n) is 4.24. The molecule has 21 heavy (non-hydrogen) atoms. The van der Waals surface area contributed by atoms with E-state index in [9.17, 15) is 4.79 Å². The van der Waals surface area contributed by atoms with Gasteiger partial charge in [-0.25, -0.2) is 0 Å². The molecule has 0 fully saturated rings. The van der Waals surface area contributed by atoms with Crippen LogP contribution in [-0.4, -0.2) is 17.2 Å². The maximum Gasteiger partial charge on any atom is 0.255 e. The van der Waals surface area contributed by atoms with Gasteiger partial charge < -0.3 is 11.1 Å². The number of anilines is 1. The van der Waals surface area contributed by atoms with Gasteiger partial charge in [-0.15, -0.1) is 11.8 Å². The van der Waals surface area contributed by atoms with Crippen LogP contribution in [0.4, 0.5) is 5.69 Å². The summed E-state index contributed by atoms with van der Waals surface area (Å²) in [4.78, 5) is 13.6. The lowest BCUT2D eigenvalue weighted by Gasteiger charge is -2.11. The Labute approximate surface area is 141 Å². The van der Waals surface area contributed by atoms with Gasteiger partial charge in [0.05, 0.1) is 5.69 Å². The predicted molar refractivity (Wildman–Crippen MR) is 96.2 cm³/mol. The number of halogens is 1. The Balaban J connectivity index is 2.24. The van der Waals surface area contributed by atoms with Crippen LogP contribution in [-0.2, 0) is 0 Å². The molecule has 0 unspecified atom stereocenters. The molecule has 2 aromatic carbocycles. The Hall–Kier alpha value is -1.37. The highest BCUT2D eigenvalue weighted by Gasteiger charge is 2.11. The first kappa shape index (κ1) is 16.0. The number of thiocarbonyl (C=S) groups is 1. The molecule has 2 aromatic rings. The first-order valence-corrected chi connectivity index (χ1v) is 8.48. The fourth-order valence-corrected chi connectivity index (χ4v) is 2.70. The van der Waals surface area contributed by atoms with Crippen molar-refractivity contribution in [1.82, 2.24) is 0 Å². The van der Waals surface area contributed by atoms with E-state index in [1.807, 2.05) is 24.5 Å². The standard InChI is InChI=1S/C15H13BrN2OS2/c1-21-11-5-2-9(3-6-11)15(19)18-13-7-4-10(16)8-12(13)14(17)20/h2-8H,1H3,(H2,17,20)(H,18,19). The number of hydrogen-bond acceptors (Lipinski definition) is 3. The minimum atomic E-state index is -0.192. The van der Waals surface area contributed by atoms with Crippen LogP contribution < -0.4 is 11.1 Å². The molecule has 0 heterocycles. The summed E-state index contributed by atoms with van der Waals surface area (Å²) in [5.74, 6) is -0.192. The van der Waals surface area contributed by atoms with E-state index in [4.69, 9.17) is 18.0 Å². The zero-order chi connectivity index (χ0) is 15.4. The molecule has 0 spiro atoms. The predicted octanol–water partition coefficient (Wildman–Crippen LogP) is 4.06. The Kier molecular flexibility index (Phi) is 5.39. The molecular weight excluding hydrogens is 368 g/mol. The molecule has 108 valence electrons. The third kappa shape index (κ3) is 4.06.